The van der Waals surface area contributed by atoms with Crippen LogP contribution in [0.5, 0.6) is 0 Å². The number of carboxylic acids is 1. The first-order valence-corrected chi connectivity index (χ1v) is 14.4. The number of carbonyl (C=O) groups excluding carboxylic acids is 1. The maximum Gasteiger partial charge on any atom is 0.335 e. The number of hydrogen-bond acceptors (Lipinski definition) is 6. The van der Waals surface area contributed by atoms with Crippen LogP contribution in [-0.4, -0.2) is 33.9 Å². The molecule has 4 aromatic carbocycles. The second-order valence-electron chi connectivity index (χ2n) is 9.78. The average molecular weight is 570 g/mol. The van der Waals surface area contributed by atoms with Crippen LogP contribution in [0.15, 0.2) is 108 Å². The first-order valence-electron chi connectivity index (χ1n) is 13.4. The number of nitrogens with one attached hydrogen (secondary N) is 1. The second-order valence-corrected chi connectivity index (χ2v) is 10.9. The largest absolute Gasteiger partial charge is 0.478 e. The number of ether oxygens (including phenoxy) is 2. The summed E-state index contributed by atoms with van der Waals surface area (Å²) in [7, 11) is 0. The lowest BCUT2D eigenvalue weighted by molar-refractivity contribution is -0.245. The molecule has 41 heavy (non-hydrogen) atoms. The third-order valence-electron chi connectivity index (χ3n) is 6.89. The summed E-state index contributed by atoms with van der Waals surface area (Å²) in [6.45, 7) is 0.385. The normalized spacial score (nSPS) is 18.5. The number of hydrogen-bond donors (Lipinski definition) is 3. The molecular formula is C33H31NO6S. The Labute approximate surface area is 243 Å². The van der Waals surface area contributed by atoms with Crippen LogP contribution in [0, 0.1) is 0 Å². The molecule has 1 saturated heterocycles. The Morgan fingerprint density at radius 1 is 0.780 bits per heavy atom. The van der Waals surface area contributed by atoms with Gasteiger partial charge in [-0.2, -0.15) is 0 Å². The number of carbonyl (C=O) groups is 2. The van der Waals surface area contributed by atoms with Gasteiger partial charge >= 0.3 is 5.97 Å². The van der Waals surface area contributed by atoms with Gasteiger partial charge in [-0.3, -0.25) is 4.79 Å². The third-order valence-corrected chi connectivity index (χ3v) is 8.04. The smallest absolute Gasteiger partial charge is 0.335 e. The molecule has 1 amide bonds. The quantitative estimate of drug-likeness (QED) is 0.197. The van der Waals surface area contributed by atoms with E-state index in [-0.39, 0.29) is 30.3 Å². The Bertz CT molecular complexity index is 1440. The highest BCUT2D eigenvalue weighted by atomic mass is 32.2. The van der Waals surface area contributed by atoms with Gasteiger partial charge < -0.3 is 25.0 Å². The number of aliphatic hydroxyl groups is 1. The topological polar surface area (TPSA) is 105 Å². The summed E-state index contributed by atoms with van der Waals surface area (Å²) in [6.07, 6.45) is -0.255. The SMILES string of the molecule is O=C(O)c1ccc(SCC2CC(c3ccc(CO)cc3)OC(c3ccc(CNC(=O)c4ccccc4)cc3)O2)cc1. The summed E-state index contributed by atoms with van der Waals surface area (Å²) in [5, 5.41) is 21.5. The van der Waals surface area contributed by atoms with Crippen molar-refractivity contribution in [3.63, 3.8) is 0 Å². The number of amides is 1. The fourth-order valence-electron chi connectivity index (χ4n) is 4.57. The molecule has 8 heteroatoms. The first-order chi connectivity index (χ1) is 20.0. The Kier molecular flexibility index (Phi) is 9.48. The van der Waals surface area contributed by atoms with E-state index in [1.165, 1.54) is 0 Å². The van der Waals surface area contributed by atoms with Crippen LogP contribution >= 0.6 is 11.8 Å². The lowest BCUT2D eigenvalue weighted by atomic mass is 10.0. The van der Waals surface area contributed by atoms with Crippen molar-refractivity contribution < 1.29 is 29.3 Å². The minimum absolute atomic E-state index is 0.0182. The summed E-state index contributed by atoms with van der Waals surface area (Å²) in [5.74, 6) is -0.403. The molecule has 0 bridgehead atoms. The van der Waals surface area contributed by atoms with Crippen molar-refractivity contribution in [2.24, 2.45) is 0 Å². The molecule has 210 valence electrons. The predicted octanol–water partition coefficient (Wildman–Crippen LogP) is 6.14. The van der Waals surface area contributed by atoms with E-state index in [4.69, 9.17) is 14.6 Å². The fraction of sp³-hybridized carbons (Fsp3) is 0.212. The van der Waals surface area contributed by atoms with Gasteiger partial charge in [0, 0.05) is 34.7 Å². The monoisotopic (exact) mass is 569 g/mol. The number of rotatable bonds is 10. The Morgan fingerprint density at radius 2 is 1.44 bits per heavy atom. The highest BCUT2D eigenvalue weighted by molar-refractivity contribution is 7.99. The van der Waals surface area contributed by atoms with Crippen molar-refractivity contribution in [2.45, 2.75) is 43.0 Å². The minimum atomic E-state index is -0.947. The van der Waals surface area contributed by atoms with Crippen molar-refractivity contribution in [2.75, 3.05) is 5.75 Å². The van der Waals surface area contributed by atoms with E-state index in [9.17, 15) is 14.7 Å². The van der Waals surface area contributed by atoms with E-state index in [2.05, 4.69) is 5.32 Å². The Hall–Kier alpha value is -3.95. The van der Waals surface area contributed by atoms with Gasteiger partial charge in [-0.1, -0.05) is 66.7 Å². The van der Waals surface area contributed by atoms with E-state index in [1.807, 2.05) is 78.9 Å². The standard InChI is InChI=1S/C33H31NO6S/c35-20-23-8-10-24(11-9-23)30-18-28(21-41-29-16-14-26(15-17-29)32(37)38)39-33(40-30)27-12-6-22(7-13-27)19-34-31(36)25-4-2-1-3-5-25/h1-17,28,30,33,35H,18-21H2,(H,34,36)(H,37,38). The van der Waals surface area contributed by atoms with E-state index in [0.717, 1.165) is 27.1 Å². The second kappa shape index (κ2) is 13.6. The number of benzene rings is 4. The highest BCUT2D eigenvalue weighted by Gasteiger charge is 2.32. The van der Waals surface area contributed by atoms with Gasteiger partial charge in [0.1, 0.15) is 0 Å². The first kappa shape index (κ1) is 28.6. The summed E-state index contributed by atoms with van der Waals surface area (Å²) in [5.41, 5.74) is 4.56. The van der Waals surface area contributed by atoms with E-state index >= 15 is 0 Å². The van der Waals surface area contributed by atoms with E-state index in [0.29, 0.717) is 24.3 Å². The molecule has 1 aliphatic heterocycles. The minimum Gasteiger partial charge on any atom is -0.478 e. The van der Waals surface area contributed by atoms with Crippen molar-refractivity contribution in [3.05, 3.63) is 137 Å². The van der Waals surface area contributed by atoms with Crippen molar-refractivity contribution in [3.8, 4) is 0 Å². The zero-order chi connectivity index (χ0) is 28.6. The van der Waals surface area contributed by atoms with Gasteiger partial charge in [0.25, 0.3) is 5.91 Å². The van der Waals surface area contributed by atoms with Crippen molar-refractivity contribution >= 4 is 23.6 Å². The Balaban J connectivity index is 1.27. The number of thioether (sulfide) groups is 1. The maximum atomic E-state index is 12.4. The number of aromatic carboxylic acids is 1. The molecule has 0 radical (unpaired) electrons. The van der Waals surface area contributed by atoms with Crippen LogP contribution in [0.2, 0.25) is 0 Å². The van der Waals surface area contributed by atoms with Crippen LogP contribution in [0.4, 0.5) is 0 Å². The summed E-state index contributed by atoms with van der Waals surface area (Å²) in [6, 6.07) is 31.5. The van der Waals surface area contributed by atoms with Gasteiger partial charge in [-0.15, -0.1) is 11.8 Å². The molecule has 3 N–H and O–H groups in total. The highest BCUT2D eigenvalue weighted by Crippen LogP contribution is 2.39. The molecule has 1 fully saturated rings. The zero-order valence-electron chi connectivity index (χ0n) is 22.3. The van der Waals surface area contributed by atoms with Gasteiger partial charge in [-0.25, -0.2) is 4.79 Å². The van der Waals surface area contributed by atoms with Gasteiger partial charge in [0.15, 0.2) is 6.29 Å². The molecule has 0 aromatic heterocycles. The summed E-state index contributed by atoms with van der Waals surface area (Å²) in [4.78, 5) is 24.5. The predicted molar refractivity (Wildman–Crippen MR) is 157 cm³/mol. The summed E-state index contributed by atoms with van der Waals surface area (Å²) >= 11 is 1.61. The van der Waals surface area contributed by atoms with Gasteiger partial charge in [0.2, 0.25) is 0 Å². The molecule has 3 unspecified atom stereocenters. The van der Waals surface area contributed by atoms with Gasteiger partial charge in [-0.05, 0) is 53.1 Å². The average Bonchev–Trinajstić information content (AvgIpc) is 3.03. The molecule has 0 aliphatic carbocycles. The fourth-order valence-corrected chi connectivity index (χ4v) is 5.49. The van der Waals surface area contributed by atoms with Crippen LogP contribution in [0.3, 0.4) is 0 Å². The molecule has 5 rings (SSSR count). The van der Waals surface area contributed by atoms with Gasteiger partial charge in [0.05, 0.1) is 24.4 Å². The molecule has 0 saturated carbocycles. The number of carboxylic acid groups (broad SMARTS) is 1. The lowest BCUT2D eigenvalue weighted by Crippen LogP contribution is -2.31. The Morgan fingerprint density at radius 3 is 2.10 bits per heavy atom. The molecule has 7 nitrogen and oxygen atoms in total. The van der Waals surface area contributed by atoms with Crippen molar-refractivity contribution in [1.82, 2.24) is 5.32 Å². The van der Waals surface area contributed by atoms with Crippen LogP contribution in [-0.2, 0) is 22.6 Å². The van der Waals surface area contributed by atoms with E-state index in [1.54, 1.807) is 36.0 Å². The molecule has 3 atom stereocenters. The summed E-state index contributed by atoms with van der Waals surface area (Å²) < 4.78 is 12.8. The molecule has 1 aliphatic rings. The molecular weight excluding hydrogens is 538 g/mol. The van der Waals surface area contributed by atoms with Crippen molar-refractivity contribution in [1.29, 1.82) is 0 Å². The van der Waals surface area contributed by atoms with Crippen LogP contribution in [0.25, 0.3) is 0 Å². The van der Waals surface area contributed by atoms with Crippen LogP contribution in [0.1, 0.15) is 61.8 Å². The molecule has 0 spiro atoms. The molecule has 1 heterocycles. The lowest BCUT2D eigenvalue weighted by Gasteiger charge is -2.36. The van der Waals surface area contributed by atoms with E-state index < -0.39 is 12.3 Å². The zero-order valence-corrected chi connectivity index (χ0v) is 23.1. The maximum absolute atomic E-state index is 12.4. The number of aliphatic hydroxyl groups excluding tert-OH is 1. The third kappa shape index (κ3) is 7.62. The molecule has 4 aromatic rings. The van der Waals surface area contributed by atoms with Crippen LogP contribution < -0.4 is 5.32 Å².